The lowest BCUT2D eigenvalue weighted by Gasteiger charge is -2.34. The molecule has 0 radical (unpaired) electrons. The van der Waals surface area contributed by atoms with E-state index in [-0.39, 0.29) is 23.5 Å². The van der Waals surface area contributed by atoms with Crippen molar-refractivity contribution in [3.05, 3.63) is 77.5 Å². The molecule has 1 saturated heterocycles. The first-order valence-corrected chi connectivity index (χ1v) is 14.1. The summed E-state index contributed by atoms with van der Waals surface area (Å²) in [5.41, 5.74) is 2.06. The number of urea groups is 1. The first-order valence-electron chi connectivity index (χ1n) is 14.1. The standard InChI is InChI=1S/C31H33F3N6O3/c1-3-38-12-14-39(15-13-38)19-22-8-10-24(18-26(22)31(32,33)34)36-30(43)35-23-7-5-6-20(16-23)21-9-11-25-27(17-21)40(4-2)37-28(25)29(41)42/h5-11,16-18H,3-4,12-15,19H2,1-2H3,(H,41,42)(H2,35,36,43). The number of carbonyl (C=O) groups excluding carboxylic acids is 1. The van der Waals surface area contributed by atoms with E-state index < -0.39 is 23.7 Å². The number of benzene rings is 3. The molecule has 0 unspecified atom stereocenters. The average molecular weight is 595 g/mol. The quantitative estimate of drug-likeness (QED) is 0.224. The summed E-state index contributed by atoms with van der Waals surface area (Å²) in [6.07, 6.45) is -4.57. The lowest BCUT2D eigenvalue weighted by atomic mass is 10.0. The monoisotopic (exact) mass is 594 g/mol. The van der Waals surface area contributed by atoms with Crippen molar-refractivity contribution >= 4 is 34.3 Å². The number of rotatable bonds is 8. The van der Waals surface area contributed by atoms with Gasteiger partial charge >= 0.3 is 18.2 Å². The van der Waals surface area contributed by atoms with Crippen molar-refractivity contribution in [3.63, 3.8) is 0 Å². The molecule has 1 aromatic heterocycles. The molecule has 2 amide bonds. The highest BCUT2D eigenvalue weighted by molar-refractivity contribution is 6.03. The Morgan fingerprint density at radius 2 is 1.53 bits per heavy atom. The van der Waals surface area contributed by atoms with Gasteiger partial charge in [0.15, 0.2) is 5.69 Å². The third-order valence-corrected chi connectivity index (χ3v) is 7.69. The molecule has 0 spiro atoms. The van der Waals surface area contributed by atoms with Crippen molar-refractivity contribution in [1.29, 1.82) is 0 Å². The van der Waals surface area contributed by atoms with Crippen LogP contribution in [0.5, 0.6) is 0 Å². The lowest BCUT2D eigenvalue weighted by molar-refractivity contribution is -0.138. The van der Waals surface area contributed by atoms with Crippen LogP contribution in [-0.2, 0) is 19.3 Å². The summed E-state index contributed by atoms with van der Waals surface area (Å²) in [5.74, 6) is -1.11. The number of piperazine rings is 1. The largest absolute Gasteiger partial charge is 0.476 e. The van der Waals surface area contributed by atoms with Gasteiger partial charge in [-0.05, 0) is 66.6 Å². The Morgan fingerprint density at radius 1 is 0.860 bits per heavy atom. The van der Waals surface area contributed by atoms with E-state index in [1.807, 2.05) is 24.0 Å². The van der Waals surface area contributed by atoms with Crippen molar-refractivity contribution in [2.24, 2.45) is 0 Å². The van der Waals surface area contributed by atoms with Gasteiger partial charge in [0.1, 0.15) is 0 Å². The predicted molar refractivity (Wildman–Crippen MR) is 159 cm³/mol. The Hall–Kier alpha value is -4.42. The number of aromatic nitrogens is 2. The number of amides is 2. The molecular weight excluding hydrogens is 561 g/mol. The second-order valence-electron chi connectivity index (χ2n) is 10.4. The molecule has 0 aliphatic carbocycles. The van der Waals surface area contributed by atoms with Crippen molar-refractivity contribution in [2.75, 3.05) is 43.4 Å². The summed E-state index contributed by atoms with van der Waals surface area (Å²) in [6, 6.07) is 15.5. The Balaban J connectivity index is 1.30. The molecule has 3 N–H and O–H groups in total. The van der Waals surface area contributed by atoms with Gasteiger partial charge in [0, 0.05) is 56.0 Å². The van der Waals surface area contributed by atoms with Crippen LogP contribution in [-0.4, -0.2) is 69.4 Å². The number of hydrogen-bond donors (Lipinski definition) is 3. The number of nitrogens with zero attached hydrogens (tertiary/aromatic N) is 4. The minimum absolute atomic E-state index is 0.0213. The number of alkyl halides is 3. The van der Waals surface area contributed by atoms with Gasteiger partial charge in [0.2, 0.25) is 0 Å². The van der Waals surface area contributed by atoms with Crippen molar-refractivity contribution in [2.45, 2.75) is 33.1 Å². The van der Waals surface area contributed by atoms with Crippen LogP contribution in [0.25, 0.3) is 22.0 Å². The van der Waals surface area contributed by atoms with E-state index in [4.69, 9.17) is 0 Å². The summed E-state index contributed by atoms with van der Waals surface area (Å²) >= 11 is 0. The third-order valence-electron chi connectivity index (χ3n) is 7.69. The van der Waals surface area contributed by atoms with E-state index in [0.717, 1.165) is 36.8 Å². The van der Waals surface area contributed by atoms with Gasteiger partial charge in [0.05, 0.1) is 11.1 Å². The smallest absolute Gasteiger partial charge is 0.416 e. The average Bonchev–Trinajstić information content (AvgIpc) is 3.36. The molecule has 0 bridgehead atoms. The molecule has 9 nitrogen and oxygen atoms in total. The maximum atomic E-state index is 14.0. The molecule has 226 valence electrons. The number of nitrogens with one attached hydrogen (secondary N) is 2. The van der Waals surface area contributed by atoms with Crippen LogP contribution >= 0.6 is 0 Å². The number of anilines is 2. The first-order chi connectivity index (χ1) is 20.5. The molecule has 2 heterocycles. The fraction of sp³-hybridized carbons (Fsp3) is 0.323. The summed E-state index contributed by atoms with van der Waals surface area (Å²) in [5, 5.41) is 19.4. The number of carboxylic acids is 1. The maximum absolute atomic E-state index is 14.0. The molecule has 1 aliphatic heterocycles. The highest BCUT2D eigenvalue weighted by Crippen LogP contribution is 2.35. The van der Waals surface area contributed by atoms with Gasteiger partial charge < -0.3 is 20.6 Å². The van der Waals surface area contributed by atoms with Crippen LogP contribution in [0.3, 0.4) is 0 Å². The van der Waals surface area contributed by atoms with E-state index in [2.05, 4.69) is 27.6 Å². The molecule has 1 aliphatic rings. The van der Waals surface area contributed by atoms with Crippen LogP contribution in [0, 0.1) is 0 Å². The van der Waals surface area contributed by atoms with Gasteiger partial charge in [-0.3, -0.25) is 9.58 Å². The van der Waals surface area contributed by atoms with E-state index in [0.29, 0.717) is 36.2 Å². The van der Waals surface area contributed by atoms with Gasteiger partial charge in [-0.2, -0.15) is 18.3 Å². The van der Waals surface area contributed by atoms with Crippen molar-refractivity contribution in [3.8, 4) is 11.1 Å². The Bertz CT molecular complexity index is 1640. The number of aromatic carboxylic acids is 1. The SMILES string of the molecule is CCN1CCN(Cc2ccc(NC(=O)Nc3cccc(-c4ccc5c(C(=O)O)nn(CC)c5c4)c3)cc2C(F)(F)F)CC1. The zero-order valence-electron chi connectivity index (χ0n) is 23.9. The van der Waals surface area contributed by atoms with Crippen molar-refractivity contribution < 1.29 is 27.9 Å². The fourth-order valence-corrected chi connectivity index (χ4v) is 5.38. The number of carboxylic acid groups (broad SMARTS) is 1. The summed E-state index contributed by atoms with van der Waals surface area (Å²) < 4.78 is 43.6. The summed E-state index contributed by atoms with van der Waals surface area (Å²) in [7, 11) is 0. The van der Waals surface area contributed by atoms with Crippen LogP contribution in [0.1, 0.15) is 35.5 Å². The minimum atomic E-state index is -4.57. The highest BCUT2D eigenvalue weighted by atomic mass is 19.4. The molecule has 0 atom stereocenters. The Morgan fingerprint density at radius 3 is 2.19 bits per heavy atom. The number of halogens is 3. The van der Waals surface area contributed by atoms with E-state index in [9.17, 15) is 27.9 Å². The van der Waals surface area contributed by atoms with Crippen LogP contribution in [0.15, 0.2) is 60.7 Å². The molecule has 12 heteroatoms. The van der Waals surface area contributed by atoms with E-state index in [1.165, 1.54) is 12.1 Å². The molecule has 3 aromatic carbocycles. The Kier molecular flexibility index (Phi) is 8.69. The Labute approximate surface area is 246 Å². The molecule has 5 rings (SSSR count). The van der Waals surface area contributed by atoms with Gasteiger partial charge in [-0.25, -0.2) is 9.59 Å². The first kappa shape index (κ1) is 30.1. The van der Waals surface area contributed by atoms with Crippen molar-refractivity contribution in [1.82, 2.24) is 19.6 Å². The zero-order chi connectivity index (χ0) is 30.7. The molecule has 0 saturated carbocycles. The number of hydrogen-bond acceptors (Lipinski definition) is 5. The minimum Gasteiger partial charge on any atom is -0.476 e. The van der Waals surface area contributed by atoms with E-state index in [1.54, 1.807) is 35.0 Å². The summed E-state index contributed by atoms with van der Waals surface area (Å²) in [4.78, 5) is 28.7. The fourth-order valence-electron chi connectivity index (χ4n) is 5.38. The third kappa shape index (κ3) is 6.81. The van der Waals surface area contributed by atoms with Crippen LogP contribution in [0.4, 0.5) is 29.3 Å². The van der Waals surface area contributed by atoms with Gasteiger partial charge in [-0.15, -0.1) is 0 Å². The predicted octanol–water partition coefficient (Wildman–Crippen LogP) is 6.22. The molecule has 1 fully saturated rings. The van der Waals surface area contributed by atoms with Crippen LogP contribution < -0.4 is 10.6 Å². The number of aryl methyl sites for hydroxylation is 1. The molecule has 43 heavy (non-hydrogen) atoms. The van der Waals surface area contributed by atoms with Gasteiger partial charge in [0.25, 0.3) is 0 Å². The van der Waals surface area contributed by atoms with E-state index >= 15 is 0 Å². The second-order valence-corrected chi connectivity index (χ2v) is 10.4. The normalized spacial score (nSPS) is 14.6. The van der Waals surface area contributed by atoms with Crippen LogP contribution in [0.2, 0.25) is 0 Å². The lowest BCUT2D eigenvalue weighted by Crippen LogP contribution is -2.45. The maximum Gasteiger partial charge on any atom is 0.416 e. The zero-order valence-corrected chi connectivity index (χ0v) is 23.9. The molecule has 4 aromatic rings. The number of carbonyl (C=O) groups is 2. The van der Waals surface area contributed by atoms with Gasteiger partial charge in [-0.1, -0.05) is 31.2 Å². The number of fused-ring (bicyclic) bond motifs is 1. The second kappa shape index (κ2) is 12.4. The number of likely N-dealkylation sites (N-methyl/N-ethyl adjacent to an activating group) is 1. The highest BCUT2D eigenvalue weighted by Gasteiger charge is 2.34. The summed E-state index contributed by atoms with van der Waals surface area (Å²) in [6.45, 7) is 8.58. The molecular formula is C31H33F3N6O3. The topological polar surface area (TPSA) is 103 Å².